The number of rotatable bonds is 3. The molecule has 116 valence electrons. The molecule has 0 amide bonds. The molecule has 3 rings (SSSR count). The minimum Gasteiger partial charge on any atom is -0.465 e. The quantitative estimate of drug-likeness (QED) is 0.542. The van der Waals surface area contributed by atoms with E-state index in [0.29, 0.717) is 15.7 Å². The summed E-state index contributed by atoms with van der Waals surface area (Å²) in [5.41, 5.74) is 1.55. The highest BCUT2D eigenvalue weighted by Crippen LogP contribution is 2.25. The molecule has 0 atom stereocenters. The van der Waals surface area contributed by atoms with Crippen LogP contribution < -0.4 is 10.6 Å². The number of ether oxygens (including phenoxy) is 1. The molecule has 2 aromatic carbocycles. The van der Waals surface area contributed by atoms with Gasteiger partial charge in [0.1, 0.15) is 4.88 Å². The molecule has 0 saturated carbocycles. The number of anilines is 2. The van der Waals surface area contributed by atoms with E-state index >= 15 is 0 Å². The Morgan fingerprint density at radius 2 is 1.78 bits per heavy atom. The maximum absolute atomic E-state index is 11.7. The second-order valence-electron chi connectivity index (χ2n) is 4.76. The van der Waals surface area contributed by atoms with Gasteiger partial charge in [-0.1, -0.05) is 36.4 Å². The molecule has 1 heterocycles. The topological polar surface area (TPSA) is 50.4 Å². The van der Waals surface area contributed by atoms with Crippen molar-refractivity contribution in [1.29, 1.82) is 0 Å². The Labute approximate surface area is 143 Å². The number of methoxy groups -OCH3 is 1. The number of nitrogens with one attached hydrogen (secondary N) is 2. The van der Waals surface area contributed by atoms with E-state index in [4.69, 9.17) is 17.0 Å². The molecular formula is C17H14N2O2S2. The number of carbonyl (C=O) groups is 1. The number of esters is 1. The van der Waals surface area contributed by atoms with E-state index in [1.165, 1.54) is 18.4 Å². The van der Waals surface area contributed by atoms with E-state index < -0.39 is 0 Å². The molecule has 2 N–H and O–H groups in total. The molecular weight excluding hydrogens is 328 g/mol. The van der Waals surface area contributed by atoms with Gasteiger partial charge in [-0.3, -0.25) is 0 Å². The van der Waals surface area contributed by atoms with Gasteiger partial charge in [0.25, 0.3) is 0 Å². The van der Waals surface area contributed by atoms with Crippen molar-refractivity contribution in [2.75, 3.05) is 17.7 Å². The third-order valence-electron chi connectivity index (χ3n) is 3.32. The number of fused-ring (bicyclic) bond motifs is 1. The van der Waals surface area contributed by atoms with Crippen LogP contribution in [0.5, 0.6) is 0 Å². The van der Waals surface area contributed by atoms with Crippen LogP contribution in [0.25, 0.3) is 10.8 Å². The Bertz CT molecular complexity index is 868. The number of thiophene rings is 1. The molecule has 0 unspecified atom stereocenters. The summed E-state index contributed by atoms with van der Waals surface area (Å²) in [6.45, 7) is 0. The normalized spacial score (nSPS) is 10.3. The van der Waals surface area contributed by atoms with Gasteiger partial charge in [-0.05, 0) is 35.1 Å². The van der Waals surface area contributed by atoms with Crippen molar-refractivity contribution < 1.29 is 9.53 Å². The van der Waals surface area contributed by atoms with Crippen LogP contribution in [0.15, 0.2) is 53.9 Å². The Balaban J connectivity index is 1.80. The molecule has 0 bridgehead atoms. The fourth-order valence-electron chi connectivity index (χ4n) is 2.27. The third kappa shape index (κ3) is 3.33. The van der Waals surface area contributed by atoms with Gasteiger partial charge in [0.05, 0.1) is 12.8 Å². The Morgan fingerprint density at radius 1 is 1.04 bits per heavy atom. The molecule has 0 radical (unpaired) electrons. The van der Waals surface area contributed by atoms with Crippen molar-refractivity contribution in [2.24, 2.45) is 0 Å². The van der Waals surface area contributed by atoms with Gasteiger partial charge in [-0.25, -0.2) is 4.79 Å². The van der Waals surface area contributed by atoms with Crippen LogP contribution in [0.1, 0.15) is 9.67 Å². The Hall–Kier alpha value is -2.44. The molecule has 0 fully saturated rings. The minimum atomic E-state index is -0.379. The van der Waals surface area contributed by atoms with Gasteiger partial charge < -0.3 is 15.4 Å². The first-order valence-corrected chi connectivity index (χ1v) is 8.19. The van der Waals surface area contributed by atoms with Crippen LogP contribution in [-0.4, -0.2) is 18.2 Å². The van der Waals surface area contributed by atoms with Crippen molar-refractivity contribution in [3.8, 4) is 0 Å². The minimum absolute atomic E-state index is 0.379. The zero-order valence-electron chi connectivity index (χ0n) is 12.3. The lowest BCUT2D eigenvalue weighted by Gasteiger charge is -2.12. The number of hydrogen-bond acceptors (Lipinski definition) is 4. The van der Waals surface area contributed by atoms with Crippen LogP contribution in [-0.2, 0) is 4.74 Å². The first-order chi connectivity index (χ1) is 11.2. The van der Waals surface area contributed by atoms with E-state index in [1.54, 1.807) is 6.07 Å². The second kappa shape index (κ2) is 6.76. The van der Waals surface area contributed by atoms with E-state index in [9.17, 15) is 4.79 Å². The number of hydrogen-bond donors (Lipinski definition) is 2. The fraction of sp³-hybridized carbons (Fsp3) is 0.0588. The average molecular weight is 342 g/mol. The summed E-state index contributed by atoms with van der Waals surface area (Å²) in [5, 5.41) is 10.7. The van der Waals surface area contributed by atoms with Gasteiger partial charge in [0.15, 0.2) is 5.11 Å². The predicted octanol–water partition coefficient (Wildman–Crippen LogP) is 4.50. The highest BCUT2D eigenvalue weighted by atomic mass is 32.1. The van der Waals surface area contributed by atoms with Crippen molar-refractivity contribution in [3.05, 3.63) is 58.8 Å². The van der Waals surface area contributed by atoms with Crippen LogP contribution >= 0.6 is 23.6 Å². The first kappa shape index (κ1) is 15.5. The molecule has 3 aromatic rings. The summed E-state index contributed by atoms with van der Waals surface area (Å²) in [7, 11) is 1.36. The summed E-state index contributed by atoms with van der Waals surface area (Å²) >= 11 is 6.67. The molecule has 4 nitrogen and oxygen atoms in total. The molecule has 0 aliphatic carbocycles. The van der Waals surface area contributed by atoms with E-state index in [-0.39, 0.29) is 5.97 Å². The van der Waals surface area contributed by atoms with Gasteiger partial charge in [0.2, 0.25) is 0 Å². The number of benzene rings is 2. The van der Waals surface area contributed by atoms with E-state index in [2.05, 4.69) is 10.6 Å². The predicted molar refractivity (Wildman–Crippen MR) is 99.4 cm³/mol. The van der Waals surface area contributed by atoms with Crippen LogP contribution in [0.4, 0.5) is 11.4 Å². The molecule has 0 aliphatic rings. The monoisotopic (exact) mass is 342 g/mol. The first-order valence-electron chi connectivity index (χ1n) is 6.90. The third-order valence-corrected chi connectivity index (χ3v) is 4.42. The summed E-state index contributed by atoms with van der Waals surface area (Å²) in [5.74, 6) is -0.379. The fourth-order valence-corrected chi connectivity index (χ4v) is 3.25. The zero-order chi connectivity index (χ0) is 16.2. The lowest BCUT2D eigenvalue weighted by molar-refractivity contribution is 0.0607. The maximum Gasteiger partial charge on any atom is 0.350 e. The van der Waals surface area contributed by atoms with Gasteiger partial charge in [0, 0.05) is 11.1 Å². The molecule has 6 heteroatoms. The van der Waals surface area contributed by atoms with Crippen LogP contribution in [0.3, 0.4) is 0 Å². The van der Waals surface area contributed by atoms with Crippen molar-refractivity contribution in [2.45, 2.75) is 0 Å². The maximum atomic E-state index is 11.7. The number of carbonyl (C=O) groups excluding carboxylic acids is 1. The van der Waals surface area contributed by atoms with Crippen molar-refractivity contribution in [1.82, 2.24) is 0 Å². The Kier molecular flexibility index (Phi) is 4.55. The smallest absolute Gasteiger partial charge is 0.350 e. The second-order valence-corrected chi connectivity index (χ2v) is 6.09. The number of thiocarbonyl (C=S) groups is 1. The van der Waals surface area contributed by atoms with Crippen molar-refractivity contribution in [3.63, 3.8) is 0 Å². The molecule has 0 saturated heterocycles. The lowest BCUT2D eigenvalue weighted by atomic mass is 10.1. The average Bonchev–Trinajstić information content (AvgIpc) is 3.02. The standard InChI is InChI=1S/C17H14N2O2S2/c1-21-16(20)15-14(9-10-23-15)19-17(22)18-13-8-4-6-11-5-2-3-7-12(11)13/h2-10H,1H3,(H2,18,19,22). The van der Waals surface area contributed by atoms with Crippen LogP contribution in [0, 0.1) is 0 Å². The lowest BCUT2D eigenvalue weighted by Crippen LogP contribution is -2.20. The summed E-state index contributed by atoms with van der Waals surface area (Å²) in [4.78, 5) is 12.2. The van der Waals surface area contributed by atoms with Gasteiger partial charge in [-0.2, -0.15) is 0 Å². The van der Waals surface area contributed by atoms with E-state index in [0.717, 1.165) is 16.5 Å². The summed E-state index contributed by atoms with van der Waals surface area (Å²) in [6.07, 6.45) is 0. The van der Waals surface area contributed by atoms with Crippen molar-refractivity contribution >= 4 is 56.8 Å². The highest BCUT2D eigenvalue weighted by Gasteiger charge is 2.14. The zero-order valence-corrected chi connectivity index (χ0v) is 14.0. The summed E-state index contributed by atoms with van der Waals surface area (Å²) < 4.78 is 4.76. The van der Waals surface area contributed by atoms with Gasteiger partial charge in [-0.15, -0.1) is 11.3 Å². The molecule has 0 spiro atoms. The summed E-state index contributed by atoms with van der Waals surface area (Å²) in [6, 6.07) is 15.8. The molecule has 0 aliphatic heterocycles. The SMILES string of the molecule is COC(=O)c1sccc1NC(=S)Nc1cccc2ccccc12. The highest BCUT2D eigenvalue weighted by molar-refractivity contribution is 7.80. The van der Waals surface area contributed by atoms with Crippen LogP contribution in [0.2, 0.25) is 0 Å². The molecule has 1 aromatic heterocycles. The Morgan fingerprint density at radius 3 is 2.61 bits per heavy atom. The largest absolute Gasteiger partial charge is 0.465 e. The van der Waals surface area contributed by atoms with E-state index in [1.807, 2.05) is 47.8 Å². The van der Waals surface area contributed by atoms with Gasteiger partial charge >= 0.3 is 5.97 Å². The molecule has 23 heavy (non-hydrogen) atoms.